The normalized spacial score (nSPS) is 16.8. The van der Waals surface area contributed by atoms with E-state index in [1.807, 2.05) is 0 Å². The van der Waals surface area contributed by atoms with Crippen molar-refractivity contribution in [3.63, 3.8) is 0 Å². The van der Waals surface area contributed by atoms with E-state index < -0.39 is 17.2 Å². The third-order valence-electron chi connectivity index (χ3n) is 5.74. The van der Waals surface area contributed by atoms with Crippen LogP contribution < -0.4 is 10.9 Å². The van der Waals surface area contributed by atoms with Crippen LogP contribution in [0, 0.1) is 11.6 Å². The van der Waals surface area contributed by atoms with Gasteiger partial charge >= 0.3 is 0 Å². The highest BCUT2D eigenvalue weighted by Crippen LogP contribution is 2.20. The lowest BCUT2D eigenvalue weighted by Crippen LogP contribution is -2.40. The molecular weight excluding hydrogens is 388 g/mol. The van der Waals surface area contributed by atoms with Crippen LogP contribution in [0.15, 0.2) is 53.5 Å². The number of likely N-dealkylation sites (tertiary alicyclic amines) is 1. The van der Waals surface area contributed by atoms with Crippen LogP contribution in [0.2, 0.25) is 0 Å². The lowest BCUT2D eigenvalue weighted by Gasteiger charge is -2.23. The van der Waals surface area contributed by atoms with Gasteiger partial charge in [-0.15, -0.1) is 0 Å². The van der Waals surface area contributed by atoms with Crippen LogP contribution in [0.5, 0.6) is 0 Å². The summed E-state index contributed by atoms with van der Waals surface area (Å²) in [5.74, 6) is -1.94. The van der Waals surface area contributed by atoms with Crippen molar-refractivity contribution in [3.8, 4) is 5.69 Å². The highest BCUT2D eigenvalue weighted by Gasteiger charge is 2.24. The SMILES string of the molecule is CCN1CCCC1CNC(=O)c1cn(-c2ccc(F)cc2F)c(=O)c2ccccc12. The van der Waals surface area contributed by atoms with Crippen LogP contribution in [0.4, 0.5) is 8.78 Å². The molecule has 1 aromatic heterocycles. The molecule has 156 valence electrons. The second-order valence-electron chi connectivity index (χ2n) is 7.49. The Morgan fingerprint density at radius 1 is 1.17 bits per heavy atom. The van der Waals surface area contributed by atoms with E-state index >= 15 is 0 Å². The van der Waals surface area contributed by atoms with E-state index in [1.165, 1.54) is 12.3 Å². The van der Waals surface area contributed by atoms with Crippen molar-refractivity contribution >= 4 is 16.7 Å². The summed E-state index contributed by atoms with van der Waals surface area (Å²) < 4.78 is 28.8. The molecule has 0 bridgehead atoms. The summed E-state index contributed by atoms with van der Waals surface area (Å²) >= 11 is 0. The molecule has 1 aliphatic heterocycles. The van der Waals surface area contributed by atoms with Gasteiger partial charge in [0.25, 0.3) is 11.5 Å². The molecule has 1 saturated heterocycles. The molecule has 1 atom stereocenters. The Kier molecular flexibility index (Phi) is 5.63. The van der Waals surface area contributed by atoms with Gasteiger partial charge in [-0.3, -0.25) is 19.1 Å². The molecule has 1 unspecified atom stereocenters. The molecule has 3 aromatic rings. The van der Waals surface area contributed by atoms with Gasteiger partial charge in [-0.05, 0) is 44.1 Å². The fourth-order valence-electron chi connectivity index (χ4n) is 4.18. The van der Waals surface area contributed by atoms with Crippen LogP contribution in [0.25, 0.3) is 16.5 Å². The standard InChI is InChI=1S/C23H23F2N3O2/c1-2-27-11-5-6-16(27)13-26-22(29)19-14-28(21-10-9-15(24)12-20(21)25)23(30)18-8-4-3-7-17(18)19/h3-4,7-10,12,14,16H,2,5-6,11,13H2,1H3,(H,26,29). The first-order valence-corrected chi connectivity index (χ1v) is 10.1. The molecule has 2 aromatic carbocycles. The lowest BCUT2D eigenvalue weighted by atomic mass is 10.1. The fourth-order valence-corrected chi connectivity index (χ4v) is 4.18. The first-order chi connectivity index (χ1) is 14.5. The minimum Gasteiger partial charge on any atom is -0.350 e. The summed E-state index contributed by atoms with van der Waals surface area (Å²) in [7, 11) is 0. The highest BCUT2D eigenvalue weighted by molar-refractivity contribution is 6.06. The maximum atomic E-state index is 14.4. The minimum atomic E-state index is -0.872. The minimum absolute atomic E-state index is 0.103. The fraction of sp³-hybridized carbons (Fsp3) is 0.304. The maximum absolute atomic E-state index is 14.4. The molecule has 7 heteroatoms. The molecule has 1 amide bonds. The van der Waals surface area contributed by atoms with Crippen molar-refractivity contribution in [2.75, 3.05) is 19.6 Å². The second kappa shape index (κ2) is 8.36. The topological polar surface area (TPSA) is 54.3 Å². The zero-order valence-corrected chi connectivity index (χ0v) is 16.7. The Balaban J connectivity index is 1.74. The Morgan fingerprint density at radius 3 is 2.67 bits per heavy atom. The van der Waals surface area contributed by atoms with E-state index in [9.17, 15) is 18.4 Å². The van der Waals surface area contributed by atoms with Crippen LogP contribution >= 0.6 is 0 Å². The van der Waals surface area contributed by atoms with Gasteiger partial charge in [-0.1, -0.05) is 25.1 Å². The van der Waals surface area contributed by atoms with Crippen LogP contribution in [0.1, 0.15) is 30.1 Å². The number of halogens is 2. The number of benzene rings is 2. The summed E-state index contributed by atoms with van der Waals surface area (Å²) in [4.78, 5) is 28.3. The number of fused-ring (bicyclic) bond motifs is 1. The number of likely N-dealkylation sites (N-methyl/N-ethyl adjacent to an activating group) is 1. The van der Waals surface area contributed by atoms with E-state index in [2.05, 4.69) is 17.1 Å². The van der Waals surface area contributed by atoms with Gasteiger partial charge in [0, 0.05) is 35.6 Å². The third-order valence-corrected chi connectivity index (χ3v) is 5.74. The summed E-state index contributed by atoms with van der Waals surface area (Å²) in [5, 5.41) is 3.76. The molecule has 2 heterocycles. The molecule has 1 N–H and O–H groups in total. The first kappa shape index (κ1) is 20.2. The zero-order chi connectivity index (χ0) is 21.3. The second-order valence-corrected chi connectivity index (χ2v) is 7.49. The van der Waals surface area contributed by atoms with Gasteiger partial charge in [0.05, 0.1) is 11.3 Å². The van der Waals surface area contributed by atoms with Crippen LogP contribution in [-0.2, 0) is 0 Å². The van der Waals surface area contributed by atoms with E-state index in [4.69, 9.17) is 0 Å². The Labute approximate surface area is 172 Å². The largest absolute Gasteiger partial charge is 0.350 e. The monoisotopic (exact) mass is 411 g/mol. The summed E-state index contributed by atoms with van der Waals surface area (Å²) in [5.41, 5.74) is -0.301. The number of carbonyl (C=O) groups is 1. The van der Waals surface area contributed by atoms with Crippen molar-refractivity contribution in [1.82, 2.24) is 14.8 Å². The van der Waals surface area contributed by atoms with E-state index in [1.54, 1.807) is 24.3 Å². The van der Waals surface area contributed by atoms with Crippen molar-refractivity contribution < 1.29 is 13.6 Å². The number of rotatable bonds is 5. The van der Waals surface area contributed by atoms with Crippen molar-refractivity contribution in [1.29, 1.82) is 0 Å². The third kappa shape index (κ3) is 3.73. The van der Waals surface area contributed by atoms with E-state index in [0.29, 0.717) is 17.3 Å². The number of hydrogen-bond donors (Lipinski definition) is 1. The number of aromatic nitrogens is 1. The van der Waals surface area contributed by atoms with Gasteiger partial charge in [0.2, 0.25) is 0 Å². The van der Waals surface area contributed by atoms with Crippen molar-refractivity contribution in [2.24, 2.45) is 0 Å². The molecule has 0 saturated carbocycles. The number of pyridine rings is 1. The van der Waals surface area contributed by atoms with Gasteiger partial charge < -0.3 is 5.32 Å². The maximum Gasteiger partial charge on any atom is 0.263 e. The van der Waals surface area contributed by atoms with Crippen LogP contribution in [0.3, 0.4) is 0 Å². The molecule has 0 spiro atoms. The van der Waals surface area contributed by atoms with Gasteiger partial charge in [0.15, 0.2) is 0 Å². The number of nitrogens with one attached hydrogen (secondary N) is 1. The summed E-state index contributed by atoms with van der Waals surface area (Å²) in [6, 6.07) is 10.0. The first-order valence-electron chi connectivity index (χ1n) is 10.1. The molecule has 1 fully saturated rings. The molecule has 5 nitrogen and oxygen atoms in total. The smallest absolute Gasteiger partial charge is 0.263 e. The van der Waals surface area contributed by atoms with Crippen LogP contribution in [-0.4, -0.2) is 41.1 Å². The zero-order valence-electron chi connectivity index (χ0n) is 16.7. The summed E-state index contributed by atoms with van der Waals surface area (Å²) in [6.07, 6.45) is 3.46. The number of amides is 1. The highest BCUT2D eigenvalue weighted by atomic mass is 19.1. The predicted octanol–water partition coefficient (Wildman–Crippen LogP) is 3.48. The van der Waals surface area contributed by atoms with E-state index in [-0.39, 0.29) is 23.2 Å². The van der Waals surface area contributed by atoms with E-state index in [0.717, 1.165) is 42.6 Å². The van der Waals surface area contributed by atoms with Gasteiger partial charge in [0.1, 0.15) is 11.6 Å². The van der Waals surface area contributed by atoms with Crippen molar-refractivity contribution in [2.45, 2.75) is 25.8 Å². The Bertz CT molecular complexity index is 1160. The molecule has 0 radical (unpaired) electrons. The van der Waals surface area contributed by atoms with Gasteiger partial charge in [-0.2, -0.15) is 0 Å². The van der Waals surface area contributed by atoms with Crippen molar-refractivity contribution in [3.05, 3.63) is 76.2 Å². The predicted molar refractivity (Wildman–Crippen MR) is 112 cm³/mol. The summed E-state index contributed by atoms with van der Waals surface area (Å²) in [6.45, 7) is 4.55. The molecule has 0 aliphatic carbocycles. The Hall–Kier alpha value is -3.06. The average molecular weight is 411 g/mol. The molecule has 1 aliphatic rings. The molecular formula is C23H23F2N3O2. The average Bonchev–Trinajstić information content (AvgIpc) is 3.21. The van der Waals surface area contributed by atoms with Gasteiger partial charge in [-0.25, -0.2) is 8.78 Å². The number of carbonyl (C=O) groups excluding carboxylic acids is 1. The molecule has 4 rings (SSSR count). The lowest BCUT2D eigenvalue weighted by molar-refractivity contribution is 0.0942. The number of hydrogen-bond acceptors (Lipinski definition) is 3. The quantitative estimate of drug-likeness (QED) is 0.699. The molecule has 30 heavy (non-hydrogen) atoms. The number of nitrogens with zero attached hydrogens (tertiary/aromatic N) is 2. The Morgan fingerprint density at radius 2 is 1.93 bits per heavy atom.